The Morgan fingerprint density at radius 1 is 0.974 bits per heavy atom. The van der Waals surface area contributed by atoms with E-state index in [1.165, 1.54) is 41.5 Å². The summed E-state index contributed by atoms with van der Waals surface area (Å²) in [5.41, 5.74) is 7.28. The quantitative estimate of drug-likeness (QED) is 0.478. The minimum Gasteiger partial charge on any atom is -0.478 e. The number of amides is 1. The number of carboxylic acids is 1. The average molecular weight is 538 g/mol. The van der Waals surface area contributed by atoms with Gasteiger partial charge in [0.25, 0.3) is 0 Å². The van der Waals surface area contributed by atoms with Crippen molar-refractivity contribution in [1.29, 1.82) is 0 Å². The topological polar surface area (TPSA) is 75.0 Å². The van der Waals surface area contributed by atoms with Crippen LogP contribution in [-0.4, -0.2) is 65.8 Å². The van der Waals surface area contributed by atoms with Crippen LogP contribution in [0, 0.1) is 6.92 Å². The standard InChI is InChI=1S/C30H35N3O4.ClH/c1-20-7-9-24-25(17-20)32(19-27(34)31-13-15-37-16-14-31)11-12-33-26-18-22(30(35)36)8-10-23(26)28(29(24)33)21-5-3-2-4-6-21;/h7-10,17-18,21H,2-6,11-16,19H2,1H3,(H,35,36);1H. The second-order valence-corrected chi connectivity index (χ2v) is 10.7. The number of fused-ring (bicyclic) bond motifs is 5. The van der Waals surface area contributed by atoms with Crippen molar-refractivity contribution < 1.29 is 19.4 Å². The van der Waals surface area contributed by atoms with Gasteiger partial charge in [-0.25, -0.2) is 4.79 Å². The van der Waals surface area contributed by atoms with Crippen LogP contribution in [-0.2, 0) is 16.1 Å². The summed E-state index contributed by atoms with van der Waals surface area (Å²) in [6, 6.07) is 12.2. The van der Waals surface area contributed by atoms with Crippen LogP contribution in [0.4, 0.5) is 5.69 Å². The first kappa shape index (κ1) is 26.6. The summed E-state index contributed by atoms with van der Waals surface area (Å²) in [6.45, 7) is 6.29. The minimum atomic E-state index is -0.904. The first-order chi connectivity index (χ1) is 18.0. The molecule has 6 rings (SSSR count). The van der Waals surface area contributed by atoms with Gasteiger partial charge in [-0.2, -0.15) is 0 Å². The van der Waals surface area contributed by atoms with E-state index in [2.05, 4.69) is 34.6 Å². The summed E-state index contributed by atoms with van der Waals surface area (Å²) < 4.78 is 7.78. The zero-order chi connectivity index (χ0) is 25.5. The van der Waals surface area contributed by atoms with E-state index in [9.17, 15) is 14.7 Å². The van der Waals surface area contributed by atoms with Crippen LogP contribution in [0.1, 0.15) is 59.5 Å². The van der Waals surface area contributed by atoms with E-state index >= 15 is 0 Å². The lowest BCUT2D eigenvalue weighted by Gasteiger charge is -2.31. The first-order valence-electron chi connectivity index (χ1n) is 13.6. The Morgan fingerprint density at radius 2 is 1.74 bits per heavy atom. The van der Waals surface area contributed by atoms with Gasteiger partial charge in [-0.3, -0.25) is 4.79 Å². The molecule has 1 N–H and O–H groups in total. The number of halogens is 1. The Kier molecular flexibility index (Phi) is 7.68. The van der Waals surface area contributed by atoms with E-state index in [4.69, 9.17) is 4.74 Å². The molecule has 1 saturated carbocycles. The highest BCUT2D eigenvalue weighted by atomic mass is 35.5. The summed E-state index contributed by atoms with van der Waals surface area (Å²) in [4.78, 5) is 29.3. The highest BCUT2D eigenvalue weighted by Crippen LogP contribution is 2.47. The smallest absolute Gasteiger partial charge is 0.335 e. The second-order valence-electron chi connectivity index (χ2n) is 10.7. The lowest BCUT2D eigenvalue weighted by Crippen LogP contribution is -2.46. The average Bonchev–Trinajstić information content (AvgIpc) is 3.16. The van der Waals surface area contributed by atoms with Crippen molar-refractivity contribution in [3.8, 4) is 11.3 Å². The Morgan fingerprint density at radius 3 is 2.47 bits per heavy atom. The predicted octanol–water partition coefficient (Wildman–Crippen LogP) is 5.46. The third kappa shape index (κ3) is 4.78. The highest BCUT2D eigenvalue weighted by molar-refractivity contribution is 6.00. The van der Waals surface area contributed by atoms with Crippen LogP contribution in [0.5, 0.6) is 0 Å². The molecule has 3 aromatic rings. The summed E-state index contributed by atoms with van der Waals surface area (Å²) >= 11 is 0. The molecule has 202 valence electrons. The molecule has 0 unspecified atom stereocenters. The van der Waals surface area contributed by atoms with Gasteiger partial charge < -0.3 is 24.2 Å². The van der Waals surface area contributed by atoms with Gasteiger partial charge in [0, 0.05) is 48.3 Å². The number of rotatable bonds is 4. The fourth-order valence-electron chi connectivity index (χ4n) is 6.52. The molecule has 3 aliphatic rings. The summed E-state index contributed by atoms with van der Waals surface area (Å²) in [5.74, 6) is -0.314. The fourth-order valence-corrected chi connectivity index (χ4v) is 6.52. The molecule has 1 aromatic heterocycles. The molecule has 1 aliphatic carbocycles. The van der Waals surface area contributed by atoms with Gasteiger partial charge in [-0.05, 0) is 55.0 Å². The van der Waals surface area contributed by atoms with Gasteiger partial charge in [0.15, 0.2) is 0 Å². The van der Waals surface area contributed by atoms with E-state index < -0.39 is 5.97 Å². The molecule has 2 fully saturated rings. The number of benzene rings is 2. The number of aryl methyl sites for hydroxylation is 1. The normalized spacial score (nSPS) is 17.9. The number of carbonyl (C=O) groups excluding carboxylic acids is 1. The second kappa shape index (κ2) is 11.0. The zero-order valence-electron chi connectivity index (χ0n) is 21.9. The van der Waals surface area contributed by atoms with Gasteiger partial charge in [0.1, 0.15) is 0 Å². The summed E-state index contributed by atoms with van der Waals surface area (Å²) in [6.07, 6.45) is 6.05. The molecule has 0 atom stereocenters. The maximum Gasteiger partial charge on any atom is 0.335 e. The Labute approximate surface area is 229 Å². The van der Waals surface area contributed by atoms with E-state index in [-0.39, 0.29) is 18.3 Å². The molecule has 8 heteroatoms. The third-order valence-electron chi connectivity index (χ3n) is 8.40. The minimum absolute atomic E-state index is 0. The summed E-state index contributed by atoms with van der Waals surface area (Å²) in [5, 5.41) is 10.9. The molecule has 0 spiro atoms. The van der Waals surface area contributed by atoms with Crippen molar-refractivity contribution in [2.45, 2.75) is 51.5 Å². The number of aromatic carboxylic acids is 1. The van der Waals surface area contributed by atoms with Crippen LogP contribution in [0.3, 0.4) is 0 Å². The van der Waals surface area contributed by atoms with E-state index in [1.807, 2.05) is 17.0 Å². The zero-order valence-corrected chi connectivity index (χ0v) is 22.8. The maximum atomic E-state index is 13.3. The van der Waals surface area contributed by atoms with Crippen molar-refractivity contribution in [3.05, 3.63) is 53.1 Å². The largest absolute Gasteiger partial charge is 0.478 e. The monoisotopic (exact) mass is 537 g/mol. The number of anilines is 1. The molecule has 0 bridgehead atoms. The molecule has 1 saturated heterocycles. The number of hydrogen-bond acceptors (Lipinski definition) is 4. The van der Waals surface area contributed by atoms with Gasteiger partial charge >= 0.3 is 5.97 Å². The first-order valence-corrected chi connectivity index (χ1v) is 13.6. The van der Waals surface area contributed by atoms with Gasteiger partial charge in [0.05, 0.1) is 31.0 Å². The van der Waals surface area contributed by atoms with Crippen molar-refractivity contribution in [3.63, 3.8) is 0 Å². The lowest BCUT2D eigenvalue weighted by molar-refractivity contribution is -0.133. The van der Waals surface area contributed by atoms with Gasteiger partial charge in [-0.1, -0.05) is 37.5 Å². The number of morpholine rings is 1. The molecule has 38 heavy (non-hydrogen) atoms. The molecular formula is C30H36ClN3O4. The van der Waals surface area contributed by atoms with Crippen molar-refractivity contribution in [1.82, 2.24) is 9.47 Å². The van der Waals surface area contributed by atoms with Crippen LogP contribution < -0.4 is 4.90 Å². The number of carboxylic acid groups (broad SMARTS) is 1. The van der Waals surface area contributed by atoms with E-state index in [0.29, 0.717) is 57.4 Å². The molecule has 3 heterocycles. The van der Waals surface area contributed by atoms with Crippen molar-refractivity contribution in [2.24, 2.45) is 0 Å². The van der Waals surface area contributed by atoms with E-state index in [1.54, 1.807) is 6.07 Å². The molecule has 1 amide bonds. The van der Waals surface area contributed by atoms with Crippen LogP contribution in [0.25, 0.3) is 22.2 Å². The highest BCUT2D eigenvalue weighted by Gasteiger charge is 2.31. The molecular weight excluding hydrogens is 502 g/mol. The Bertz CT molecular complexity index is 1360. The predicted molar refractivity (Wildman–Crippen MR) is 152 cm³/mol. The molecule has 7 nitrogen and oxygen atoms in total. The molecule has 2 aliphatic heterocycles. The molecule has 2 aromatic carbocycles. The number of carbonyl (C=O) groups is 2. The number of ether oxygens (including phenoxy) is 1. The van der Waals surface area contributed by atoms with Gasteiger partial charge in [0.2, 0.25) is 5.91 Å². The van der Waals surface area contributed by atoms with Crippen LogP contribution in [0.2, 0.25) is 0 Å². The SMILES string of the molecule is Cc1ccc2c(c1)N(CC(=O)N1CCOCC1)CCn1c-2c(C2CCCCC2)c2ccc(C(=O)O)cc21.Cl. The maximum absolute atomic E-state index is 13.3. The van der Waals surface area contributed by atoms with Crippen molar-refractivity contribution >= 4 is 40.9 Å². The Hall–Kier alpha value is -3.03. The van der Waals surface area contributed by atoms with Crippen LogP contribution in [0.15, 0.2) is 36.4 Å². The number of hydrogen-bond donors (Lipinski definition) is 1. The Balaban J connectivity index is 0.00000294. The van der Waals surface area contributed by atoms with Gasteiger partial charge in [-0.15, -0.1) is 12.4 Å². The lowest BCUT2D eigenvalue weighted by atomic mass is 9.81. The summed E-state index contributed by atoms with van der Waals surface area (Å²) in [7, 11) is 0. The van der Waals surface area contributed by atoms with Crippen LogP contribution >= 0.6 is 12.4 Å². The fraction of sp³-hybridized carbons (Fsp3) is 0.467. The molecule has 0 radical (unpaired) electrons. The van der Waals surface area contributed by atoms with Crippen molar-refractivity contribution in [2.75, 3.05) is 44.3 Å². The third-order valence-corrected chi connectivity index (χ3v) is 8.40. The number of aromatic nitrogens is 1. The van der Waals surface area contributed by atoms with E-state index in [0.717, 1.165) is 29.6 Å². The number of nitrogens with zero attached hydrogens (tertiary/aromatic N) is 3.